The first-order chi connectivity index (χ1) is 8.81. The molecule has 2 nitrogen and oxygen atoms in total. The van der Waals surface area contributed by atoms with E-state index in [1.54, 1.807) is 0 Å². The maximum absolute atomic E-state index is 5.86. The Hall–Kier alpha value is -0.860. The van der Waals surface area contributed by atoms with Crippen LogP contribution in [0.3, 0.4) is 0 Å². The molecule has 0 radical (unpaired) electrons. The van der Waals surface area contributed by atoms with Gasteiger partial charge in [-0.25, -0.2) is 0 Å². The average Bonchev–Trinajstić information content (AvgIpc) is 3.17. The lowest BCUT2D eigenvalue weighted by Crippen LogP contribution is -2.17. The van der Waals surface area contributed by atoms with Crippen LogP contribution in [-0.2, 0) is 16.1 Å². The molecule has 2 rings (SSSR count). The number of hydrogen-bond donors (Lipinski definition) is 0. The monoisotopic (exact) mass is 248 g/mol. The Morgan fingerprint density at radius 2 is 2.00 bits per heavy atom. The number of rotatable bonds is 8. The predicted octanol–water partition coefficient (Wildman–Crippen LogP) is 3.94. The van der Waals surface area contributed by atoms with Gasteiger partial charge in [0, 0.05) is 0 Å². The SMILES string of the molecule is CCCCC[C@@H]1O[C@@H]1[C@H](C)OCc1ccccc1. The Bertz CT molecular complexity index is 336. The summed E-state index contributed by atoms with van der Waals surface area (Å²) < 4.78 is 11.6. The van der Waals surface area contributed by atoms with Gasteiger partial charge in [-0.1, -0.05) is 56.5 Å². The second-order valence-electron chi connectivity index (χ2n) is 5.14. The Kier molecular flexibility index (Phi) is 5.21. The van der Waals surface area contributed by atoms with Crippen LogP contribution in [0.25, 0.3) is 0 Å². The van der Waals surface area contributed by atoms with Gasteiger partial charge in [0.1, 0.15) is 6.10 Å². The standard InChI is InChI=1S/C16H24O2/c1-3-4-6-11-15-16(18-15)13(2)17-12-14-9-7-5-8-10-14/h5,7-10,13,15-16H,3-4,6,11-12H2,1-2H3/t13-,15-,16+/m0/s1. The highest BCUT2D eigenvalue weighted by Crippen LogP contribution is 2.31. The van der Waals surface area contributed by atoms with Crippen LogP contribution < -0.4 is 0 Å². The van der Waals surface area contributed by atoms with Crippen molar-refractivity contribution in [2.75, 3.05) is 0 Å². The van der Waals surface area contributed by atoms with Gasteiger partial charge in [0.2, 0.25) is 0 Å². The summed E-state index contributed by atoms with van der Waals surface area (Å²) >= 11 is 0. The highest BCUT2D eigenvalue weighted by atomic mass is 16.6. The van der Waals surface area contributed by atoms with Gasteiger partial charge < -0.3 is 9.47 Å². The molecular formula is C16H24O2. The zero-order chi connectivity index (χ0) is 12.8. The molecule has 1 saturated heterocycles. The lowest BCUT2D eigenvalue weighted by molar-refractivity contribution is 0.0340. The van der Waals surface area contributed by atoms with Crippen LogP contribution in [0.1, 0.15) is 45.1 Å². The van der Waals surface area contributed by atoms with Crippen molar-refractivity contribution in [1.82, 2.24) is 0 Å². The molecule has 0 saturated carbocycles. The molecular weight excluding hydrogens is 224 g/mol. The molecule has 100 valence electrons. The molecule has 1 aromatic carbocycles. The third-order valence-corrected chi connectivity index (χ3v) is 3.53. The minimum Gasteiger partial charge on any atom is -0.371 e. The highest BCUT2D eigenvalue weighted by Gasteiger charge is 2.42. The van der Waals surface area contributed by atoms with E-state index in [0.717, 1.165) is 0 Å². The number of epoxide rings is 1. The molecule has 18 heavy (non-hydrogen) atoms. The van der Waals surface area contributed by atoms with Crippen LogP contribution in [0.4, 0.5) is 0 Å². The number of unbranched alkanes of at least 4 members (excludes halogenated alkanes) is 2. The summed E-state index contributed by atoms with van der Waals surface area (Å²) in [5.41, 5.74) is 1.23. The zero-order valence-electron chi connectivity index (χ0n) is 11.5. The van der Waals surface area contributed by atoms with E-state index in [4.69, 9.17) is 9.47 Å². The summed E-state index contributed by atoms with van der Waals surface area (Å²) in [6, 6.07) is 10.3. The Morgan fingerprint density at radius 3 is 2.72 bits per heavy atom. The molecule has 2 heteroatoms. The van der Waals surface area contributed by atoms with E-state index in [-0.39, 0.29) is 6.10 Å². The summed E-state index contributed by atoms with van der Waals surface area (Å²) in [4.78, 5) is 0. The first kappa shape index (κ1) is 13.6. The summed E-state index contributed by atoms with van der Waals surface area (Å²) in [7, 11) is 0. The van der Waals surface area contributed by atoms with Crippen LogP contribution in [0.5, 0.6) is 0 Å². The van der Waals surface area contributed by atoms with Crippen molar-refractivity contribution in [2.45, 2.75) is 64.4 Å². The first-order valence-corrected chi connectivity index (χ1v) is 7.12. The van der Waals surface area contributed by atoms with Gasteiger partial charge in [-0.3, -0.25) is 0 Å². The minimum absolute atomic E-state index is 0.205. The quantitative estimate of drug-likeness (QED) is 0.513. The Morgan fingerprint density at radius 1 is 1.22 bits per heavy atom. The molecule has 1 aromatic rings. The fourth-order valence-corrected chi connectivity index (χ4v) is 2.29. The van der Waals surface area contributed by atoms with Crippen molar-refractivity contribution in [3.8, 4) is 0 Å². The molecule has 0 bridgehead atoms. The van der Waals surface area contributed by atoms with E-state index in [2.05, 4.69) is 26.0 Å². The minimum atomic E-state index is 0.205. The second kappa shape index (κ2) is 6.91. The van der Waals surface area contributed by atoms with E-state index in [9.17, 15) is 0 Å². The van der Waals surface area contributed by atoms with Gasteiger partial charge in [0.05, 0.1) is 18.8 Å². The molecule has 3 atom stereocenters. The normalized spacial score (nSPS) is 23.9. The Labute approximate surface area is 110 Å². The highest BCUT2D eigenvalue weighted by molar-refractivity contribution is 5.13. The van der Waals surface area contributed by atoms with Gasteiger partial charge in [-0.05, 0) is 18.9 Å². The maximum Gasteiger partial charge on any atom is 0.110 e. The number of ether oxygens (including phenoxy) is 2. The van der Waals surface area contributed by atoms with Gasteiger partial charge in [0.25, 0.3) is 0 Å². The molecule has 1 aliphatic rings. The average molecular weight is 248 g/mol. The van der Waals surface area contributed by atoms with E-state index < -0.39 is 0 Å². The van der Waals surface area contributed by atoms with Crippen LogP contribution in [0, 0.1) is 0 Å². The van der Waals surface area contributed by atoms with Crippen LogP contribution >= 0.6 is 0 Å². The molecule has 1 heterocycles. The van der Waals surface area contributed by atoms with Crippen LogP contribution in [-0.4, -0.2) is 18.3 Å². The third-order valence-electron chi connectivity index (χ3n) is 3.53. The van der Waals surface area contributed by atoms with Crippen molar-refractivity contribution in [3.05, 3.63) is 35.9 Å². The summed E-state index contributed by atoms with van der Waals surface area (Å²) in [5.74, 6) is 0. The molecule has 0 unspecified atom stereocenters. The molecule has 0 aromatic heterocycles. The van der Waals surface area contributed by atoms with E-state index >= 15 is 0 Å². The van der Waals surface area contributed by atoms with Gasteiger partial charge in [0.15, 0.2) is 0 Å². The first-order valence-electron chi connectivity index (χ1n) is 7.12. The lowest BCUT2D eigenvalue weighted by Gasteiger charge is -2.10. The molecule has 0 amide bonds. The largest absolute Gasteiger partial charge is 0.371 e. The lowest BCUT2D eigenvalue weighted by atomic mass is 10.1. The smallest absolute Gasteiger partial charge is 0.110 e. The fourth-order valence-electron chi connectivity index (χ4n) is 2.29. The topological polar surface area (TPSA) is 21.8 Å². The molecule has 0 aliphatic carbocycles. The molecule has 1 aliphatic heterocycles. The second-order valence-corrected chi connectivity index (χ2v) is 5.14. The summed E-state index contributed by atoms with van der Waals surface area (Å²) in [6.07, 6.45) is 6.04. The Balaban J connectivity index is 1.63. The van der Waals surface area contributed by atoms with Gasteiger partial charge in [-0.2, -0.15) is 0 Å². The molecule has 1 fully saturated rings. The molecule has 0 spiro atoms. The van der Waals surface area contributed by atoms with Crippen LogP contribution in [0.15, 0.2) is 30.3 Å². The van der Waals surface area contributed by atoms with Gasteiger partial charge in [-0.15, -0.1) is 0 Å². The fraction of sp³-hybridized carbons (Fsp3) is 0.625. The number of benzene rings is 1. The predicted molar refractivity (Wildman–Crippen MR) is 73.5 cm³/mol. The summed E-state index contributed by atoms with van der Waals surface area (Å²) in [5, 5.41) is 0. The summed E-state index contributed by atoms with van der Waals surface area (Å²) in [6.45, 7) is 5.04. The van der Waals surface area contributed by atoms with Crippen molar-refractivity contribution < 1.29 is 9.47 Å². The zero-order valence-corrected chi connectivity index (χ0v) is 11.5. The third kappa shape index (κ3) is 4.11. The number of hydrogen-bond acceptors (Lipinski definition) is 2. The van der Waals surface area contributed by atoms with Crippen molar-refractivity contribution in [2.24, 2.45) is 0 Å². The van der Waals surface area contributed by atoms with Crippen molar-refractivity contribution >= 4 is 0 Å². The maximum atomic E-state index is 5.86. The van der Waals surface area contributed by atoms with E-state index in [0.29, 0.717) is 18.8 Å². The van der Waals surface area contributed by atoms with Gasteiger partial charge >= 0.3 is 0 Å². The van der Waals surface area contributed by atoms with E-state index in [1.807, 2.05) is 18.2 Å². The van der Waals surface area contributed by atoms with Crippen molar-refractivity contribution in [1.29, 1.82) is 0 Å². The van der Waals surface area contributed by atoms with Crippen molar-refractivity contribution in [3.63, 3.8) is 0 Å². The van der Waals surface area contributed by atoms with Crippen LogP contribution in [0.2, 0.25) is 0 Å². The van der Waals surface area contributed by atoms with E-state index in [1.165, 1.54) is 31.2 Å². The molecule has 0 N–H and O–H groups in total.